The highest BCUT2D eigenvalue weighted by Crippen LogP contribution is 2.36. The fourth-order valence-corrected chi connectivity index (χ4v) is 3.45. The van der Waals surface area contributed by atoms with Gasteiger partial charge in [-0.25, -0.2) is 4.98 Å². The largest absolute Gasteiger partial charge is 0.336 e. The molecule has 0 saturated heterocycles. The minimum Gasteiger partial charge on any atom is -0.336 e. The maximum absolute atomic E-state index is 12.7. The van der Waals surface area contributed by atoms with Crippen LogP contribution in [0.15, 0.2) is 35.8 Å². The third-order valence-electron chi connectivity index (χ3n) is 4.03. The van der Waals surface area contributed by atoms with Crippen LogP contribution in [-0.4, -0.2) is 35.4 Å². The Kier molecular flexibility index (Phi) is 4.03. The van der Waals surface area contributed by atoms with Crippen molar-refractivity contribution in [3.63, 3.8) is 0 Å². The molecule has 1 aliphatic carbocycles. The number of hydrogen-bond acceptors (Lipinski definition) is 4. The smallest absolute Gasteiger partial charge is 0.274 e. The monoisotopic (exact) mass is 301 g/mol. The van der Waals surface area contributed by atoms with Gasteiger partial charge in [-0.15, -0.1) is 11.3 Å². The first-order chi connectivity index (χ1) is 10.2. The minimum atomic E-state index is -0.0301. The number of nitrogens with zero attached hydrogens (tertiary/aromatic N) is 2. The summed E-state index contributed by atoms with van der Waals surface area (Å²) < 4.78 is 0. The first-order valence-corrected chi connectivity index (χ1v) is 8.06. The lowest BCUT2D eigenvalue weighted by Gasteiger charge is -2.26. The number of nitrogens with two attached hydrogens (primary N) is 1. The maximum atomic E-state index is 12.7. The molecule has 4 nitrogen and oxygen atoms in total. The second-order valence-corrected chi connectivity index (χ2v) is 6.31. The molecule has 1 aliphatic rings. The molecule has 1 atom stereocenters. The molecule has 110 valence electrons. The Labute approximate surface area is 128 Å². The average Bonchev–Trinajstić information content (AvgIpc) is 3.23. The number of likely N-dealkylation sites (N-methyl/N-ethyl adjacent to an activating group) is 1. The molecule has 2 N–H and O–H groups in total. The third kappa shape index (κ3) is 2.84. The van der Waals surface area contributed by atoms with Crippen molar-refractivity contribution >= 4 is 17.2 Å². The summed E-state index contributed by atoms with van der Waals surface area (Å²) in [5.74, 6) is 0.528. The van der Waals surface area contributed by atoms with E-state index in [4.69, 9.17) is 5.73 Å². The lowest BCUT2D eigenvalue weighted by Crippen LogP contribution is -2.43. The Hall–Kier alpha value is -1.72. The van der Waals surface area contributed by atoms with Gasteiger partial charge < -0.3 is 10.6 Å². The van der Waals surface area contributed by atoms with Gasteiger partial charge in [0.15, 0.2) is 0 Å². The summed E-state index contributed by atoms with van der Waals surface area (Å²) in [7, 11) is 1.84. The first-order valence-electron chi connectivity index (χ1n) is 7.18. The van der Waals surface area contributed by atoms with Crippen molar-refractivity contribution in [3.05, 3.63) is 41.5 Å². The summed E-state index contributed by atoms with van der Waals surface area (Å²) in [5.41, 5.74) is 9.15. The summed E-state index contributed by atoms with van der Waals surface area (Å²) >= 11 is 1.50. The van der Waals surface area contributed by atoms with Crippen molar-refractivity contribution in [1.82, 2.24) is 9.88 Å². The Bertz CT molecular complexity index is 621. The second-order valence-electron chi connectivity index (χ2n) is 5.45. The van der Waals surface area contributed by atoms with E-state index in [0.717, 1.165) is 10.4 Å². The fourth-order valence-electron chi connectivity index (χ4n) is 2.66. The van der Waals surface area contributed by atoms with Gasteiger partial charge in [-0.1, -0.05) is 30.3 Å². The molecule has 0 bridgehead atoms. The van der Waals surface area contributed by atoms with Crippen LogP contribution in [0, 0.1) is 5.92 Å². The molecule has 21 heavy (non-hydrogen) atoms. The zero-order chi connectivity index (χ0) is 14.8. The van der Waals surface area contributed by atoms with Crippen molar-refractivity contribution in [2.24, 2.45) is 11.7 Å². The Morgan fingerprint density at radius 1 is 1.43 bits per heavy atom. The average molecular weight is 301 g/mol. The highest BCUT2D eigenvalue weighted by molar-refractivity contribution is 7.13. The van der Waals surface area contributed by atoms with Gasteiger partial charge >= 0.3 is 0 Å². The van der Waals surface area contributed by atoms with Gasteiger partial charge in [0.1, 0.15) is 5.69 Å². The lowest BCUT2D eigenvalue weighted by molar-refractivity contribution is 0.0714. The number of rotatable bonds is 5. The van der Waals surface area contributed by atoms with Crippen LogP contribution in [0.25, 0.3) is 10.4 Å². The number of hydrogen-bond donors (Lipinski definition) is 1. The summed E-state index contributed by atoms with van der Waals surface area (Å²) in [6.07, 6.45) is 2.34. The number of amides is 1. The molecule has 1 aromatic carbocycles. The predicted octanol–water partition coefficient (Wildman–Crippen LogP) is 2.62. The lowest BCUT2D eigenvalue weighted by atomic mass is 10.1. The predicted molar refractivity (Wildman–Crippen MR) is 85.2 cm³/mol. The van der Waals surface area contributed by atoms with E-state index in [0.29, 0.717) is 18.2 Å². The summed E-state index contributed by atoms with van der Waals surface area (Å²) in [5, 5.41) is 0. The molecule has 0 aliphatic heterocycles. The number of carbonyl (C=O) groups is 1. The Morgan fingerprint density at radius 3 is 2.76 bits per heavy atom. The number of benzene rings is 1. The van der Waals surface area contributed by atoms with Gasteiger partial charge in [-0.2, -0.15) is 0 Å². The van der Waals surface area contributed by atoms with E-state index in [1.165, 1.54) is 24.2 Å². The molecule has 1 fully saturated rings. The number of carbonyl (C=O) groups excluding carboxylic acids is 1. The maximum Gasteiger partial charge on any atom is 0.274 e. The minimum absolute atomic E-state index is 0.0301. The quantitative estimate of drug-likeness (QED) is 0.923. The standard InChI is InChI=1S/C16H19N3OS/c1-19(13(9-17)11-7-8-11)16(20)14-15(21-10-18-14)12-5-3-2-4-6-12/h2-6,10-11,13H,7-9,17H2,1H3. The van der Waals surface area contributed by atoms with E-state index < -0.39 is 0 Å². The van der Waals surface area contributed by atoms with Gasteiger partial charge in [-0.3, -0.25) is 4.79 Å². The molecule has 2 aromatic rings. The third-order valence-corrected chi connectivity index (χ3v) is 4.91. The van der Waals surface area contributed by atoms with E-state index >= 15 is 0 Å². The van der Waals surface area contributed by atoms with Crippen LogP contribution in [0.2, 0.25) is 0 Å². The molecule has 1 aromatic heterocycles. The topological polar surface area (TPSA) is 59.2 Å². The van der Waals surface area contributed by atoms with Crippen LogP contribution in [0.3, 0.4) is 0 Å². The molecule has 1 unspecified atom stereocenters. The van der Waals surface area contributed by atoms with Crippen LogP contribution < -0.4 is 5.73 Å². The highest BCUT2D eigenvalue weighted by atomic mass is 32.1. The van der Waals surface area contributed by atoms with Crippen LogP contribution in [0.4, 0.5) is 0 Å². The van der Waals surface area contributed by atoms with E-state index in [-0.39, 0.29) is 11.9 Å². The molecule has 3 rings (SSSR count). The SMILES string of the molecule is CN(C(=O)c1ncsc1-c1ccccc1)C(CN)C1CC1. The van der Waals surface area contributed by atoms with Crippen molar-refractivity contribution in [2.45, 2.75) is 18.9 Å². The second kappa shape index (κ2) is 5.95. The van der Waals surface area contributed by atoms with Crippen LogP contribution in [-0.2, 0) is 0 Å². The Balaban J connectivity index is 1.87. The van der Waals surface area contributed by atoms with Crippen molar-refractivity contribution < 1.29 is 4.79 Å². The highest BCUT2D eigenvalue weighted by Gasteiger charge is 2.36. The number of aromatic nitrogens is 1. The first kappa shape index (κ1) is 14.2. The molecule has 0 spiro atoms. The number of thiazole rings is 1. The van der Waals surface area contributed by atoms with E-state index in [2.05, 4.69) is 4.98 Å². The zero-order valence-corrected chi connectivity index (χ0v) is 12.8. The van der Waals surface area contributed by atoms with Gasteiger partial charge in [0.05, 0.1) is 10.4 Å². The molecule has 1 heterocycles. The normalized spacial score (nSPS) is 15.7. The molecule has 1 amide bonds. The molecule has 5 heteroatoms. The summed E-state index contributed by atoms with van der Waals surface area (Å²) in [6.45, 7) is 0.512. The fraction of sp³-hybridized carbons (Fsp3) is 0.375. The summed E-state index contributed by atoms with van der Waals surface area (Å²) in [4.78, 5) is 19.8. The van der Waals surface area contributed by atoms with Gasteiger partial charge in [0.25, 0.3) is 5.91 Å². The zero-order valence-electron chi connectivity index (χ0n) is 12.0. The van der Waals surface area contributed by atoms with Crippen LogP contribution in [0.1, 0.15) is 23.3 Å². The van der Waals surface area contributed by atoms with Crippen molar-refractivity contribution in [2.75, 3.05) is 13.6 Å². The van der Waals surface area contributed by atoms with E-state index in [9.17, 15) is 4.79 Å². The Morgan fingerprint density at radius 2 is 2.14 bits per heavy atom. The summed E-state index contributed by atoms with van der Waals surface area (Å²) in [6, 6.07) is 10.1. The molecular weight excluding hydrogens is 282 g/mol. The van der Waals surface area contributed by atoms with E-state index in [1.807, 2.05) is 37.4 Å². The van der Waals surface area contributed by atoms with Gasteiger partial charge in [0.2, 0.25) is 0 Å². The van der Waals surface area contributed by atoms with Gasteiger partial charge in [0, 0.05) is 19.6 Å². The van der Waals surface area contributed by atoms with Crippen LogP contribution >= 0.6 is 11.3 Å². The van der Waals surface area contributed by atoms with Crippen LogP contribution in [0.5, 0.6) is 0 Å². The van der Waals surface area contributed by atoms with Crippen molar-refractivity contribution in [3.8, 4) is 10.4 Å². The van der Waals surface area contributed by atoms with Crippen molar-refractivity contribution in [1.29, 1.82) is 0 Å². The van der Waals surface area contributed by atoms with Gasteiger partial charge in [-0.05, 0) is 24.3 Å². The van der Waals surface area contributed by atoms with E-state index in [1.54, 1.807) is 10.4 Å². The molecular formula is C16H19N3OS. The molecule has 0 radical (unpaired) electrons. The molecule has 1 saturated carbocycles.